The van der Waals surface area contributed by atoms with Gasteiger partial charge < -0.3 is 15.9 Å². The normalized spacial score (nSPS) is 11.3. The number of hydrogen-bond acceptors (Lipinski definition) is 5. The molecule has 0 saturated heterocycles. The van der Waals surface area contributed by atoms with Gasteiger partial charge in [-0.1, -0.05) is 0 Å². The van der Waals surface area contributed by atoms with Crippen LogP contribution in [0, 0.1) is 0 Å². The smallest absolute Gasteiger partial charge is 0.339 e. The Labute approximate surface area is 84.5 Å². The molecule has 0 aromatic heterocycles. The van der Waals surface area contributed by atoms with Gasteiger partial charge in [0.1, 0.15) is 16.2 Å². The molecular weight excluding hydrogens is 226 g/mol. The summed E-state index contributed by atoms with van der Waals surface area (Å²) in [7, 11) is -4.61. The number of phenols is 1. The molecule has 7 nitrogen and oxygen atoms in total. The SMILES string of the molecule is Nc1cc(O)c(C(=O)O)cc1S(=O)(=O)O. The first-order valence-corrected chi connectivity index (χ1v) is 5.00. The van der Waals surface area contributed by atoms with Crippen molar-refractivity contribution in [3.63, 3.8) is 0 Å². The molecule has 1 aromatic rings. The lowest BCUT2D eigenvalue weighted by Crippen LogP contribution is -2.06. The number of nitrogen functional groups attached to an aromatic ring is 1. The molecule has 0 radical (unpaired) electrons. The molecular formula is C7H7NO6S. The van der Waals surface area contributed by atoms with Gasteiger partial charge in [-0.25, -0.2) is 4.79 Å². The number of anilines is 1. The molecule has 15 heavy (non-hydrogen) atoms. The molecule has 1 aromatic carbocycles. The quantitative estimate of drug-likeness (QED) is 0.414. The van der Waals surface area contributed by atoms with Crippen LogP contribution in [-0.2, 0) is 10.1 Å². The maximum atomic E-state index is 10.7. The van der Waals surface area contributed by atoms with E-state index in [-0.39, 0.29) is 0 Å². The van der Waals surface area contributed by atoms with E-state index >= 15 is 0 Å². The third-order valence-corrected chi connectivity index (χ3v) is 2.55. The maximum absolute atomic E-state index is 10.7. The lowest BCUT2D eigenvalue weighted by molar-refractivity contribution is 0.0693. The molecule has 0 aliphatic heterocycles. The van der Waals surface area contributed by atoms with Crippen molar-refractivity contribution >= 4 is 21.8 Å². The number of hydrogen-bond donors (Lipinski definition) is 4. The van der Waals surface area contributed by atoms with Crippen molar-refractivity contribution < 1.29 is 28.0 Å². The molecule has 82 valence electrons. The van der Waals surface area contributed by atoms with E-state index in [9.17, 15) is 13.2 Å². The van der Waals surface area contributed by atoms with Crippen LogP contribution in [-0.4, -0.2) is 29.2 Å². The second kappa shape index (κ2) is 3.41. The minimum absolute atomic E-state index is 0.431. The highest BCUT2D eigenvalue weighted by atomic mass is 32.2. The lowest BCUT2D eigenvalue weighted by Gasteiger charge is -2.05. The van der Waals surface area contributed by atoms with E-state index < -0.39 is 38.0 Å². The second-order valence-electron chi connectivity index (χ2n) is 2.69. The molecule has 0 heterocycles. The zero-order chi connectivity index (χ0) is 11.8. The Morgan fingerprint density at radius 2 is 1.87 bits per heavy atom. The summed E-state index contributed by atoms with van der Waals surface area (Å²) in [6, 6.07) is 1.33. The fourth-order valence-corrected chi connectivity index (χ4v) is 1.60. The summed E-state index contributed by atoms with van der Waals surface area (Å²) in [4.78, 5) is 9.78. The van der Waals surface area contributed by atoms with Crippen LogP contribution in [0.3, 0.4) is 0 Å². The Kier molecular flexibility index (Phi) is 2.56. The van der Waals surface area contributed by atoms with Gasteiger partial charge in [-0.2, -0.15) is 8.42 Å². The number of carboxylic acids is 1. The third-order valence-electron chi connectivity index (χ3n) is 1.64. The monoisotopic (exact) mass is 233 g/mol. The Bertz CT molecular complexity index is 521. The van der Waals surface area contributed by atoms with Crippen molar-refractivity contribution in [2.24, 2.45) is 0 Å². The summed E-state index contributed by atoms with van der Waals surface area (Å²) < 4.78 is 30.2. The van der Waals surface area contributed by atoms with E-state index in [1.165, 1.54) is 0 Å². The molecule has 0 amide bonds. The van der Waals surface area contributed by atoms with Crippen LogP contribution in [0.25, 0.3) is 0 Å². The summed E-state index contributed by atoms with van der Waals surface area (Å²) in [5, 5.41) is 17.7. The predicted molar refractivity (Wildman–Crippen MR) is 49.3 cm³/mol. The van der Waals surface area contributed by atoms with Crippen molar-refractivity contribution in [1.82, 2.24) is 0 Å². The van der Waals surface area contributed by atoms with E-state index in [2.05, 4.69) is 0 Å². The molecule has 0 aliphatic carbocycles. The van der Waals surface area contributed by atoms with Crippen LogP contribution >= 0.6 is 0 Å². The minimum atomic E-state index is -4.61. The third kappa shape index (κ3) is 2.17. The molecule has 0 bridgehead atoms. The molecule has 0 saturated carbocycles. The Balaban J connectivity index is 3.58. The zero-order valence-corrected chi connectivity index (χ0v) is 8.02. The van der Waals surface area contributed by atoms with Gasteiger partial charge in [-0.3, -0.25) is 4.55 Å². The van der Waals surface area contributed by atoms with E-state index in [0.29, 0.717) is 6.07 Å². The minimum Gasteiger partial charge on any atom is -0.507 e. The van der Waals surface area contributed by atoms with Crippen LogP contribution in [0.15, 0.2) is 17.0 Å². The topological polar surface area (TPSA) is 138 Å². The maximum Gasteiger partial charge on any atom is 0.339 e. The van der Waals surface area contributed by atoms with Crippen molar-refractivity contribution in [1.29, 1.82) is 0 Å². The molecule has 5 N–H and O–H groups in total. The van der Waals surface area contributed by atoms with Crippen LogP contribution in [0.5, 0.6) is 5.75 Å². The number of rotatable bonds is 2. The van der Waals surface area contributed by atoms with Crippen LogP contribution < -0.4 is 5.73 Å². The molecule has 0 aliphatic rings. The predicted octanol–water partition coefficient (Wildman–Crippen LogP) is -0.0807. The number of benzene rings is 1. The first kappa shape index (κ1) is 11.3. The van der Waals surface area contributed by atoms with Gasteiger partial charge in [0.05, 0.1) is 5.69 Å². The van der Waals surface area contributed by atoms with Crippen molar-refractivity contribution in [2.45, 2.75) is 4.90 Å². The summed E-state index contributed by atoms with van der Waals surface area (Å²) in [6.45, 7) is 0. The molecule has 0 atom stereocenters. The number of aromatic hydroxyl groups is 1. The highest BCUT2D eigenvalue weighted by molar-refractivity contribution is 7.86. The summed E-state index contributed by atoms with van der Waals surface area (Å²) in [6.07, 6.45) is 0. The number of carbonyl (C=O) groups is 1. The van der Waals surface area contributed by atoms with Crippen LogP contribution in [0.2, 0.25) is 0 Å². The van der Waals surface area contributed by atoms with Gasteiger partial charge in [-0.05, 0) is 6.07 Å². The zero-order valence-electron chi connectivity index (χ0n) is 7.21. The van der Waals surface area contributed by atoms with E-state index in [4.69, 9.17) is 20.5 Å². The van der Waals surface area contributed by atoms with E-state index in [1.54, 1.807) is 0 Å². The summed E-state index contributed by atoms with van der Waals surface area (Å²) >= 11 is 0. The highest BCUT2D eigenvalue weighted by Crippen LogP contribution is 2.27. The average molecular weight is 233 g/mol. The first-order chi connectivity index (χ1) is 6.73. The molecule has 1 rings (SSSR count). The summed E-state index contributed by atoms with van der Waals surface area (Å²) in [5.74, 6) is -2.20. The van der Waals surface area contributed by atoms with E-state index in [0.717, 1.165) is 6.07 Å². The molecule has 0 fully saturated rings. The van der Waals surface area contributed by atoms with Gasteiger partial charge in [0.2, 0.25) is 0 Å². The van der Waals surface area contributed by atoms with Gasteiger partial charge in [-0.15, -0.1) is 0 Å². The fourth-order valence-electron chi connectivity index (χ4n) is 0.979. The highest BCUT2D eigenvalue weighted by Gasteiger charge is 2.20. The van der Waals surface area contributed by atoms with Crippen LogP contribution in [0.4, 0.5) is 5.69 Å². The molecule has 0 unspecified atom stereocenters. The molecule has 8 heteroatoms. The Morgan fingerprint density at radius 3 is 2.27 bits per heavy atom. The van der Waals surface area contributed by atoms with Gasteiger partial charge in [0.25, 0.3) is 10.1 Å². The van der Waals surface area contributed by atoms with Gasteiger partial charge in [0, 0.05) is 6.07 Å². The Morgan fingerprint density at radius 1 is 1.33 bits per heavy atom. The van der Waals surface area contributed by atoms with Crippen molar-refractivity contribution in [3.8, 4) is 5.75 Å². The van der Waals surface area contributed by atoms with Crippen LogP contribution in [0.1, 0.15) is 10.4 Å². The van der Waals surface area contributed by atoms with Crippen molar-refractivity contribution in [2.75, 3.05) is 5.73 Å². The van der Waals surface area contributed by atoms with Gasteiger partial charge in [0.15, 0.2) is 0 Å². The Hall–Kier alpha value is -1.80. The van der Waals surface area contributed by atoms with Crippen molar-refractivity contribution in [3.05, 3.63) is 17.7 Å². The lowest BCUT2D eigenvalue weighted by atomic mass is 10.2. The number of aromatic carboxylic acids is 1. The second-order valence-corrected chi connectivity index (χ2v) is 4.08. The first-order valence-electron chi connectivity index (χ1n) is 3.56. The van der Waals surface area contributed by atoms with Gasteiger partial charge >= 0.3 is 5.97 Å². The average Bonchev–Trinajstić information content (AvgIpc) is 2.00. The largest absolute Gasteiger partial charge is 0.507 e. The molecule has 0 spiro atoms. The number of carboxylic acid groups (broad SMARTS) is 1. The fraction of sp³-hybridized carbons (Fsp3) is 0. The summed E-state index contributed by atoms with van der Waals surface area (Å²) in [5.41, 5.74) is 4.10. The van der Waals surface area contributed by atoms with E-state index in [1.807, 2.05) is 0 Å². The standard InChI is InChI=1S/C7H7NO6S/c8-4-2-5(9)3(7(10)11)1-6(4)15(12,13)14/h1-2,9H,8H2,(H,10,11)(H,12,13,14). The number of nitrogens with two attached hydrogens (primary N) is 1.